The van der Waals surface area contributed by atoms with Gasteiger partial charge in [-0.1, -0.05) is 13.8 Å². The lowest BCUT2D eigenvalue weighted by atomic mass is 10.1. The van der Waals surface area contributed by atoms with E-state index in [4.69, 9.17) is 5.73 Å². The molecule has 0 aromatic carbocycles. The molecule has 0 aliphatic heterocycles. The van der Waals surface area contributed by atoms with Crippen LogP contribution < -0.4 is 10.5 Å². The Hall–Kier alpha value is -0.180. The minimum Gasteiger partial charge on any atom is -0.326 e. The number of rotatable bonds is 7. The molecule has 0 aliphatic rings. The van der Waals surface area contributed by atoms with Gasteiger partial charge in [-0.15, -0.1) is 0 Å². The third-order valence-electron chi connectivity index (χ3n) is 2.12. The molecule has 0 aromatic heterocycles. The van der Waals surface area contributed by atoms with Gasteiger partial charge in [-0.2, -0.15) is 0 Å². The molecule has 0 amide bonds. The number of hydrogen-bond acceptors (Lipinski definition) is 5. The smallest absolute Gasteiger partial charge is 0.212 e. The predicted molar refractivity (Wildman–Crippen MR) is 64.3 cm³/mol. The largest absolute Gasteiger partial charge is 0.326 e. The number of sulfonamides is 1. The van der Waals surface area contributed by atoms with Crippen molar-refractivity contribution < 1.29 is 16.8 Å². The van der Waals surface area contributed by atoms with Crippen LogP contribution >= 0.6 is 0 Å². The fraction of sp³-hybridized carbons (Fsp3) is 1.00. The van der Waals surface area contributed by atoms with Gasteiger partial charge in [0.25, 0.3) is 0 Å². The summed E-state index contributed by atoms with van der Waals surface area (Å²) in [5.41, 5.74) is 5.66. The number of nitrogens with one attached hydrogen (secondary N) is 1. The highest BCUT2D eigenvalue weighted by Crippen LogP contribution is 1.97. The van der Waals surface area contributed by atoms with Crippen LogP contribution in [0.5, 0.6) is 0 Å². The van der Waals surface area contributed by atoms with Gasteiger partial charge < -0.3 is 5.73 Å². The Bertz CT molecular complexity index is 400. The summed E-state index contributed by atoms with van der Waals surface area (Å²) in [6, 6.07) is -0.270. The van der Waals surface area contributed by atoms with Crippen LogP contribution in [0.25, 0.3) is 0 Å². The summed E-state index contributed by atoms with van der Waals surface area (Å²) >= 11 is 0. The van der Waals surface area contributed by atoms with Gasteiger partial charge in [0, 0.05) is 18.8 Å². The van der Waals surface area contributed by atoms with Gasteiger partial charge in [0.05, 0.1) is 11.5 Å². The molecule has 1 unspecified atom stereocenters. The average molecular weight is 272 g/mol. The molecule has 0 saturated heterocycles. The molecule has 3 N–H and O–H groups in total. The highest BCUT2D eigenvalue weighted by Gasteiger charge is 2.16. The van der Waals surface area contributed by atoms with Crippen molar-refractivity contribution >= 4 is 19.9 Å². The molecule has 0 spiro atoms. The molecule has 0 heterocycles. The maximum atomic E-state index is 11.4. The second kappa shape index (κ2) is 5.95. The van der Waals surface area contributed by atoms with Crippen molar-refractivity contribution in [3.05, 3.63) is 0 Å². The van der Waals surface area contributed by atoms with Crippen LogP contribution in [0.4, 0.5) is 0 Å². The lowest BCUT2D eigenvalue weighted by molar-refractivity contribution is 0.481. The van der Waals surface area contributed by atoms with Gasteiger partial charge in [-0.05, 0) is 5.92 Å². The summed E-state index contributed by atoms with van der Waals surface area (Å²) in [6.07, 6.45) is 1.00. The zero-order valence-corrected chi connectivity index (χ0v) is 11.4. The standard InChI is InChI=1S/C8H20N2O4S2/c1-7(2)8(9)6-10-16(13,14)5-4-15(3,11)12/h7-8,10H,4-6,9H2,1-3H3. The van der Waals surface area contributed by atoms with Gasteiger partial charge in [-0.25, -0.2) is 21.6 Å². The highest BCUT2D eigenvalue weighted by molar-refractivity contribution is 7.93. The van der Waals surface area contributed by atoms with Gasteiger partial charge in [0.2, 0.25) is 10.0 Å². The SMILES string of the molecule is CC(C)C(N)CNS(=O)(=O)CCS(C)(=O)=O. The van der Waals surface area contributed by atoms with Crippen LogP contribution in [0.1, 0.15) is 13.8 Å². The van der Waals surface area contributed by atoms with Crippen LogP contribution in [0, 0.1) is 5.92 Å². The van der Waals surface area contributed by atoms with Gasteiger partial charge in [0.15, 0.2) is 0 Å². The number of nitrogens with two attached hydrogens (primary N) is 1. The molecule has 0 fully saturated rings. The first kappa shape index (κ1) is 15.8. The summed E-state index contributed by atoms with van der Waals surface area (Å²) in [5.74, 6) is -0.631. The Morgan fingerprint density at radius 2 is 1.62 bits per heavy atom. The van der Waals surface area contributed by atoms with Crippen LogP contribution in [-0.2, 0) is 19.9 Å². The minimum atomic E-state index is -3.55. The van der Waals surface area contributed by atoms with E-state index < -0.39 is 25.6 Å². The first-order valence-electron chi connectivity index (χ1n) is 4.94. The van der Waals surface area contributed by atoms with Crippen molar-refractivity contribution in [2.24, 2.45) is 11.7 Å². The van der Waals surface area contributed by atoms with Crippen LogP contribution in [-0.4, -0.2) is 47.2 Å². The van der Waals surface area contributed by atoms with E-state index in [1.165, 1.54) is 0 Å². The maximum absolute atomic E-state index is 11.4. The quantitative estimate of drug-likeness (QED) is 0.614. The number of hydrogen-bond donors (Lipinski definition) is 2. The van der Waals surface area contributed by atoms with Crippen LogP contribution in [0.3, 0.4) is 0 Å². The summed E-state index contributed by atoms with van der Waals surface area (Å²) in [6.45, 7) is 3.90. The van der Waals surface area contributed by atoms with Crippen molar-refractivity contribution in [2.75, 3.05) is 24.3 Å². The molecule has 1 atom stereocenters. The molecule has 98 valence electrons. The summed E-state index contributed by atoms with van der Waals surface area (Å²) in [4.78, 5) is 0. The fourth-order valence-electron chi connectivity index (χ4n) is 0.792. The molecule has 16 heavy (non-hydrogen) atoms. The Kier molecular flexibility index (Phi) is 5.88. The third-order valence-corrected chi connectivity index (χ3v) is 4.67. The zero-order valence-electron chi connectivity index (χ0n) is 9.80. The predicted octanol–water partition coefficient (Wildman–Crippen LogP) is -1.07. The van der Waals surface area contributed by atoms with Gasteiger partial charge in [0.1, 0.15) is 9.84 Å². The normalized spacial score (nSPS) is 15.3. The highest BCUT2D eigenvalue weighted by atomic mass is 32.2. The van der Waals surface area contributed by atoms with E-state index in [1.54, 1.807) is 0 Å². The van der Waals surface area contributed by atoms with Gasteiger partial charge in [-0.3, -0.25) is 0 Å². The molecular formula is C8H20N2O4S2. The van der Waals surface area contributed by atoms with Crippen molar-refractivity contribution in [1.82, 2.24) is 4.72 Å². The second-order valence-electron chi connectivity index (χ2n) is 4.21. The van der Waals surface area contributed by atoms with Crippen molar-refractivity contribution in [3.8, 4) is 0 Å². The average Bonchev–Trinajstić information content (AvgIpc) is 2.10. The Morgan fingerprint density at radius 3 is 2.00 bits per heavy atom. The van der Waals surface area contributed by atoms with Crippen LogP contribution in [0.15, 0.2) is 0 Å². The van der Waals surface area contributed by atoms with E-state index in [0.717, 1.165) is 6.26 Å². The Morgan fingerprint density at radius 1 is 1.12 bits per heavy atom. The van der Waals surface area contributed by atoms with E-state index in [0.29, 0.717) is 0 Å². The van der Waals surface area contributed by atoms with E-state index in [2.05, 4.69) is 4.72 Å². The monoisotopic (exact) mass is 272 g/mol. The molecule has 0 aromatic rings. The third kappa shape index (κ3) is 8.03. The van der Waals surface area contributed by atoms with Crippen molar-refractivity contribution in [2.45, 2.75) is 19.9 Å². The lowest BCUT2D eigenvalue weighted by Gasteiger charge is -2.16. The molecular weight excluding hydrogens is 252 g/mol. The molecule has 0 bridgehead atoms. The Balaban J connectivity index is 4.17. The second-order valence-corrected chi connectivity index (χ2v) is 8.39. The van der Waals surface area contributed by atoms with E-state index in [-0.39, 0.29) is 24.3 Å². The number of sulfone groups is 1. The molecule has 0 aliphatic carbocycles. The van der Waals surface area contributed by atoms with Crippen molar-refractivity contribution in [3.63, 3.8) is 0 Å². The van der Waals surface area contributed by atoms with E-state index >= 15 is 0 Å². The topological polar surface area (TPSA) is 106 Å². The molecule has 8 heteroatoms. The van der Waals surface area contributed by atoms with Gasteiger partial charge >= 0.3 is 0 Å². The van der Waals surface area contributed by atoms with Crippen molar-refractivity contribution in [1.29, 1.82) is 0 Å². The first-order valence-corrected chi connectivity index (χ1v) is 8.65. The Labute approximate surface area is 97.6 Å². The first-order chi connectivity index (χ1) is 7.03. The molecule has 0 rings (SSSR count). The molecule has 0 saturated carbocycles. The molecule has 0 radical (unpaired) electrons. The van der Waals surface area contributed by atoms with Crippen LogP contribution in [0.2, 0.25) is 0 Å². The minimum absolute atomic E-state index is 0.129. The fourth-order valence-corrected chi connectivity index (χ4v) is 3.47. The molecule has 6 nitrogen and oxygen atoms in total. The summed E-state index contributed by atoms with van der Waals surface area (Å²) < 4.78 is 46.7. The maximum Gasteiger partial charge on any atom is 0.212 e. The van der Waals surface area contributed by atoms with E-state index in [9.17, 15) is 16.8 Å². The lowest BCUT2D eigenvalue weighted by Crippen LogP contribution is -2.41. The van der Waals surface area contributed by atoms with E-state index in [1.807, 2.05) is 13.8 Å². The summed E-state index contributed by atoms with van der Waals surface area (Å²) in [5, 5.41) is 0. The zero-order chi connectivity index (χ0) is 13.0. The summed E-state index contributed by atoms with van der Waals surface area (Å²) in [7, 11) is -6.82.